The maximum atomic E-state index is 13.0. The molecular weight excluding hydrogens is 414 g/mol. The van der Waals surface area contributed by atoms with E-state index >= 15 is 0 Å². The molecule has 1 aliphatic heterocycles. The molecule has 2 aromatic rings. The molecule has 0 saturated carbocycles. The van der Waals surface area contributed by atoms with Gasteiger partial charge in [-0.15, -0.1) is 0 Å². The summed E-state index contributed by atoms with van der Waals surface area (Å²) in [7, 11) is 1.41. The van der Waals surface area contributed by atoms with Crippen LogP contribution in [0.1, 0.15) is 42.1 Å². The third kappa shape index (κ3) is 4.87. The van der Waals surface area contributed by atoms with E-state index in [2.05, 4.69) is 15.6 Å². The van der Waals surface area contributed by atoms with Crippen molar-refractivity contribution in [1.29, 1.82) is 0 Å². The normalized spacial score (nSPS) is 15.1. The smallest absolute Gasteiger partial charge is 0.308 e. The molecule has 8 nitrogen and oxygen atoms in total. The number of nitrogens with zero attached hydrogens (tertiary/aromatic N) is 3. The Kier molecular flexibility index (Phi) is 6.94. The van der Waals surface area contributed by atoms with Crippen molar-refractivity contribution in [2.75, 3.05) is 20.2 Å². The number of aromatic amines is 1. The third-order valence-electron chi connectivity index (χ3n) is 5.82. The second-order valence-electron chi connectivity index (χ2n) is 7.92. The minimum absolute atomic E-state index is 0.0827. The lowest BCUT2D eigenvalue weighted by molar-refractivity contribution is -0.146. The van der Waals surface area contributed by atoms with Crippen LogP contribution in [0.25, 0.3) is 5.69 Å². The molecule has 2 N–H and O–H groups in total. The fourth-order valence-corrected chi connectivity index (χ4v) is 3.99. The lowest BCUT2D eigenvalue weighted by Gasteiger charge is -2.31. The number of hydrazone groups is 1. The van der Waals surface area contributed by atoms with Crippen molar-refractivity contribution in [2.24, 2.45) is 11.0 Å². The van der Waals surface area contributed by atoms with Crippen molar-refractivity contribution in [3.63, 3.8) is 0 Å². The van der Waals surface area contributed by atoms with E-state index < -0.39 is 0 Å². The number of ether oxygens (including phenoxy) is 1. The van der Waals surface area contributed by atoms with E-state index in [9.17, 15) is 9.59 Å². The van der Waals surface area contributed by atoms with Crippen LogP contribution in [0.15, 0.2) is 28.1 Å². The number of aromatic nitrogens is 2. The van der Waals surface area contributed by atoms with Gasteiger partial charge in [0, 0.05) is 18.8 Å². The van der Waals surface area contributed by atoms with Gasteiger partial charge in [-0.3, -0.25) is 20.1 Å². The lowest BCUT2D eigenvalue weighted by Crippen LogP contribution is -2.44. The maximum Gasteiger partial charge on any atom is 0.308 e. The van der Waals surface area contributed by atoms with Crippen LogP contribution in [0.5, 0.6) is 0 Å². The van der Waals surface area contributed by atoms with E-state index in [1.165, 1.54) is 17.4 Å². The molecule has 1 aliphatic rings. The molecular formula is C22H29N5O3S. The highest BCUT2D eigenvalue weighted by Crippen LogP contribution is 2.18. The quantitative estimate of drug-likeness (QED) is 0.327. The van der Waals surface area contributed by atoms with Crippen molar-refractivity contribution >= 4 is 29.0 Å². The monoisotopic (exact) mass is 443 g/mol. The minimum Gasteiger partial charge on any atom is -0.469 e. The summed E-state index contributed by atoms with van der Waals surface area (Å²) in [5, 5.41) is 7.97. The third-order valence-corrected chi connectivity index (χ3v) is 6.17. The number of esters is 1. The Morgan fingerprint density at radius 2 is 1.90 bits per heavy atom. The maximum absolute atomic E-state index is 13.0. The number of H-pyrrole nitrogens is 1. The molecule has 1 fully saturated rings. The molecule has 2 heterocycles. The molecule has 31 heavy (non-hydrogen) atoms. The topological polar surface area (TPSA) is 91.7 Å². The van der Waals surface area contributed by atoms with E-state index in [0.29, 0.717) is 42.3 Å². The van der Waals surface area contributed by atoms with Gasteiger partial charge in [0.25, 0.3) is 5.56 Å². The van der Waals surface area contributed by atoms with E-state index in [4.69, 9.17) is 17.0 Å². The molecule has 0 bridgehead atoms. The molecule has 1 aromatic carbocycles. The molecule has 0 atom stereocenters. The highest BCUT2D eigenvalue weighted by molar-refractivity contribution is 7.80. The van der Waals surface area contributed by atoms with Crippen LogP contribution in [0.2, 0.25) is 0 Å². The first-order valence-corrected chi connectivity index (χ1v) is 10.7. The summed E-state index contributed by atoms with van der Waals surface area (Å²) < 4.78 is 6.35. The first kappa shape index (κ1) is 22.7. The number of rotatable bonds is 4. The zero-order valence-electron chi connectivity index (χ0n) is 18.6. The Hall–Kier alpha value is -2.94. The van der Waals surface area contributed by atoms with Crippen LogP contribution in [0.3, 0.4) is 0 Å². The van der Waals surface area contributed by atoms with Gasteiger partial charge in [-0.2, -0.15) is 5.10 Å². The summed E-state index contributed by atoms with van der Waals surface area (Å²) in [5.41, 5.74) is 7.61. The van der Waals surface area contributed by atoms with E-state index in [1.54, 1.807) is 6.92 Å². The number of carbonyl (C=O) groups is 1. The zero-order chi connectivity index (χ0) is 22.7. The number of thiocarbonyl (C=S) groups is 1. The fraction of sp³-hybridized carbons (Fsp3) is 0.455. The summed E-state index contributed by atoms with van der Waals surface area (Å²) in [5.74, 6) is -0.254. The fourth-order valence-electron chi connectivity index (χ4n) is 3.76. The Morgan fingerprint density at radius 3 is 2.52 bits per heavy atom. The molecule has 0 aliphatic carbocycles. The van der Waals surface area contributed by atoms with Crippen LogP contribution < -0.4 is 11.0 Å². The van der Waals surface area contributed by atoms with Crippen LogP contribution in [0.4, 0.5) is 0 Å². The molecule has 0 radical (unpaired) electrons. The van der Waals surface area contributed by atoms with Crippen LogP contribution >= 0.6 is 12.2 Å². The number of hydrogen-bond donors (Lipinski definition) is 2. The molecule has 0 spiro atoms. The van der Waals surface area contributed by atoms with Crippen molar-refractivity contribution in [3.05, 3.63) is 50.9 Å². The highest BCUT2D eigenvalue weighted by Gasteiger charge is 2.26. The minimum atomic E-state index is -0.171. The summed E-state index contributed by atoms with van der Waals surface area (Å²) in [4.78, 5) is 26.7. The Balaban J connectivity index is 1.71. The van der Waals surface area contributed by atoms with Crippen LogP contribution in [-0.2, 0) is 9.53 Å². The number of nitrogens with one attached hydrogen (secondary N) is 2. The highest BCUT2D eigenvalue weighted by atomic mass is 32.1. The average molecular weight is 444 g/mol. The van der Waals surface area contributed by atoms with Gasteiger partial charge < -0.3 is 9.64 Å². The molecule has 0 amide bonds. The lowest BCUT2D eigenvalue weighted by atomic mass is 9.97. The molecule has 166 valence electrons. The van der Waals surface area contributed by atoms with Gasteiger partial charge in [0.05, 0.1) is 30.0 Å². The van der Waals surface area contributed by atoms with E-state index in [1.807, 2.05) is 43.9 Å². The first-order valence-electron chi connectivity index (χ1n) is 10.3. The SMILES string of the molecule is COC(=O)C1CCN(C(=S)N/N=C(/C)c2c(C)[nH]n(-c3ccc(C)c(C)c3)c2=O)CC1. The van der Waals surface area contributed by atoms with E-state index in [-0.39, 0.29) is 17.4 Å². The standard InChI is InChI=1S/C22H29N5O3S/c1-13-6-7-18(12-14(13)2)27-20(28)19(16(4)25-27)15(3)23-24-22(31)26-10-8-17(9-11-26)21(29)30-5/h6-7,12,17,25H,8-11H2,1-5H3,(H,24,31)/b23-15-. The van der Waals surface area contributed by atoms with Gasteiger partial charge in [-0.05, 0) is 76.0 Å². The molecule has 9 heteroatoms. The van der Waals surface area contributed by atoms with Gasteiger partial charge in [-0.1, -0.05) is 6.07 Å². The zero-order valence-corrected chi connectivity index (χ0v) is 19.4. The molecule has 3 rings (SSSR count). The Labute approximate surface area is 187 Å². The largest absolute Gasteiger partial charge is 0.469 e. The average Bonchev–Trinajstić information content (AvgIpc) is 3.07. The van der Waals surface area contributed by atoms with E-state index in [0.717, 1.165) is 16.9 Å². The molecule has 0 unspecified atom stereocenters. The number of carbonyl (C=O) groups excluding carboxylic acids is 1. The Bertz CT molecular complexity index is 1080. The summed E-state index contributed by atoms with van der Waals surface area (Å²) in [6.07, 6.45) is 1.38. The Morgan fingerprint density at radius 1 is 1.23 bits per heavy atom. The van der Waals surface area contributed by atoms with Crippen molar-refractivity contribution < 1.29 is 9.53 Å². The second-order valence-corrected chi connectivity index (χ2v) is 8.31. The van der Waals surface area contributed by atoms with Crippen molar-refractivity contribution in [2.45, 2.75) is 40.5 Å². The number of benzene rings is 1. The van der Waals surface area contributed by atoms with Gasteiger partial charge in [0.15, 0.2) is 5.11 Å². The number of hydrogen-bond acceptors (Lipinski definition) is 5. The number of aryl methyl sites for hydroxylation is 3. The first-order chi connectivity index (χ1) is 14.7. The second kappa shape index (κ2) is 9.47. The number of likely N-dealkylation sites (tertiary alicyclic amines) is 1. The summed E-state index contributed by atoms with van der Waals surface area (Å²) >= 11 is 5.45. The molecule has 1 aromatic heterocycles. The van der Waals surface area contributed by atoms with Gasteiger partial charge >= 0.3 is 5.97 Å². The molecule has 1 saturated heterocycles. The van der Waals surface area contributed by atoms with Crippen molar-refractivity contribution in [1.82, 2.24) is 20.1 Å². The summed E-state index contributed by atoms with van der Waals surface area (Å²) in [6.45, 7) is 9.00. The number of methoxy groups -OCH3 is 1. The van der Waals surface area contributed by atoms with Crippen LogP contribution in [0, 0.1) is 26.7 Å². The number of piperidine rings is 1. The van der Waals surface area contributed by atoms with Gasteiger partial charge in [0.2, 0.25) is 0 Å². The predicted octanol–water partition coefficient (Wildman–Crippen LogP) is 2.57. The van der Waals surface area contributed by atoms with Crippen molar-refractivity contribution in [3.8, 4) is 5.69 Å². The van der Waals surface area contributed by atoms with Crippen LogP contribution in [-0.4, -0.2) is 51.7 Å². The van der Waals surface area contributed by atoms with Gasteiger partial charge in [-0.25, -0.2) is 4.68 Å². The predicted molar refractivity (Wildman–Crippen MR) is 125 cm³/mol. The summed E-state index contributed by atoms with van der Waals surface area (Å²) in [6, 6.07) is 5.90. The van der Waals surface area contributed by atoms with Gasteiger partial charge in [0.1, 0.15) is 0 Å².